The zero-order chi connectivity index (χ0) is 23.5. The average Bonchev–Trinajstić information content (AvgIpc) is 2.75. The number of alkyl halides is 3. The highest BCUT2D eigenvalue weighted by atomic mass is 79.9. The van der Waals surface area contributed by atoms with Gasteiger partial charge in [-0.25, -0.2) is 13.4 Å². The Balaban J connectivity index is 1.75. The first kappa shape index (κ1) is 24.0. The molecule has 1 heterocycles. The standard InChI is InChI=1S/C21H19BrF3N3O3S/c1-28(13-14-3-6-16(31-2)7-4-14)32(29,30)17-8-9-19(18(22)11-17)27-20-10-5-15(12-26-20)21(23,24)25/h3-12H,13H2,1-2H3,(H,26,27). The van der Waals surface area contributed by atoms with Crippen molar-refractivity contribution >= 4 is 37.5 Å². The fraction of sp³-hybridized carbons (Fsp3) is 0.190. The van der Waals surface area contributed by atoms with Crippen molar-refractivity contribution in [1.29, 1.82) is 0 Å². The van der Waals surface area contributed by atoms with E-state index >= 15 is 0 Å². The third kappa shape index (κ3) is 5.59. The number of sulfonamides is 1. The summed E-state index contributed by atoms with van der Waals surface area (Å²) in [6.45, 7) is 0.166. The summed E-state index contributed by atoms with van der Waals surface area (Å²) in [6.07, 6.45) is -3.75. The molecule has 0 unspecified atom stereocenters. The van der Waals surface area contributed by atoms with Gasteiger partial charge in [0, 0.05) is 24.3 Å². The summed E-state index contributed by atoms with van der Waals surface area (Å²) in [5.41, 5.74) is 0.389. The van der Waals surface area contributed by atoms with Gasteiger partial charge in [-0.05, 0) is 64.0 Å². The van der Waals surface area contributed by atoms with Gasteiger partial charge in [-0.1, -0.05) is 12.1 Å². The second-order valence-electron chi connectivity index (χ2n) is 6.81. The number of methoxy groups -OCH3 is 1. The normalized spacial score (nSPS) is 12.1. The molecular formula is C21H19BrF3N3O3S. The summed E-state index contributed by atoms with van der Waals surface area (Å²) in [4.78, 5) is 3.81. The maximum atomic E-state index is 13.0. The molecule has 170 valence electrons. The van der Waals surface area contributed by atoms with Crippen molar-refractivity contribution < 1.29 is 26.3 Å². The van der Waals surface area contributed by atoms with Crippen LogP contribution in [-0.4, -0.2) is 31.9 Å². The number of hydrogen-bond donors (Lipinski definition) is 1. The smallest absolute Gasteiger partial charge is 0.417 e. The number of ether oxygens (including phenoxy) is 1. The van der Waals surface area contributed by atoms with Crippen LogP contribution in [0.25, 0.3) is 0 Å². The van der Waals surface area contributed by atoms with Crippen LogP contribution in [0.2, 0.25) is 0 Å². The average molecular weight is 530 g/mol. The number of halogens is 4. The molecule has 0 saturated carbocycles. The van der Waals surface area contributed by atoms with E-state index in [9.17, 15) is 21.6 Å². The Hall–Kier alpha value is -2.63. The zero-order valence-corrected chi connectivity index (χ0v) is 19.4. The third-order valence-electron chi connectivity index (χ3n) is 4.57. The van der Waals surface area contributed by atoms with E-state index in [0.29, 0.717) is 15.9 Å². The Morgan fingerprint density at radius 1 is 1.09 bits per heavy atom. The van der Waals surface area contributed by atoms with Gasteiger partial charge in [0.05, 0.1) is 23.3 Å². The van der Waals surface area contributed by atoms with Crippen molar-refractivity contribution in [2.24, 2.45) is 0 Å². The summed E-state index contributed by atoms with van der Waals surface area (Å²) < 4.78 is 70.7. The molecule has 0 spiro atoms. The quantitative estimate of drug-likeness (QED) is 0.441. The van der Waals surface area contributed by atoms with E-state index < -0.39 is 21.8 Å². The minimum absolute atomic E-state index is 0.0614. The Morgan fingerprint density at radius 2 is 1.78 bits per heavy atom. The lowest BCUT2D eigenvalue weighted by molar-refractivity contribution is -0.137. The van der Waals surface area contributed by atoms with E-state index in [4.69, 9.17) is 4.74 Å². The van der Waals surface area contributed by atoms with Gasteiger partial charge in [-0.15, -0.1) is 0 Å². The van der Waals surface area contributed by atoms with Crippen LogP contribution in [0.15, 0.2) is 70.2 Å². The van der Waals surface area contributed by atoms with Crippen molar-refractivity contribution in [1.82, 2.24) is 9.29 Å². The maximum absolute atomic E-state index is 13.0. The number of benzene rings is 2. The van der Waals surface area contributed by atoms with Crippen LogP contribution in [0, 0.1) is 0 Å². The van der Waals surface area contributed by atoms with Gasteiger partial charge in [-0.3, -0.25) is 0 Å². The molecule has 32 heavy (non-hydrogen) atoms. The molecule has 0 bridgehead atoms. The predicted molar refractivity (Wildman–Crippen MR) is 118 cm³/mol. The molecule has 2 aromatic carbocycles. The van der Waals surface area contributed by atoms with Crippen LogP contribution in [0.3, 0.4) is 0 Å². The Labute approximate surface area is 192 Å². The number of pyridine rings is 1. The van der Waals surface area contributed by atoms with E-state index in [0.717, 1.165) is 17.8 Å². The van der Waals surface area contributed by atoms with Crippen LogP contribution in [0.5, 0.6) is 5.75 Å². The molecule has 1 N–H and O–H groups in total. The number of anilines is 2. The van der Waals surface area contributed by atoms with Crippen LogP contribution >= 0.6 is 15.9 Å². The van der Waals surface area contributed by atoms with Gasteiger partial charge in [0.1, 0.15) is 11.6 Å². The molecule has 1 aromatic heterocycles. The second-order valence-corrected chi connectivity index (χ2v) is 9.70. The fourth-order valence-electron chi connectivity index (χ4n) is 2.78. The number of nitrogens with one attached hydrogen (secondary N) is 1. The molecule has 0 radical (unpaired) electrons. The lowest BCUT2D eigenvalue weighted by Crippen LogP contribution is -2.26. The van der Waals surface area contributed by atoms with Crippen LogP contribution in [0.1, 0.15) is 11.1 Å². The first-order chi connectivity index (χ1) is 15.0. The first-order valence-corrected chi connectivity index (χ1v) is 11.4. The zero-order valence-electron chi connectivity index (χ0n) is 17.0. The Kier molecular flexibility index (Phi) is 7.11. The fourth-order valence-corrected chi connectivity index (χ4v) is 4.60. The SMILES string of the molecule is COc1ccc(CN(C)S(=O)(=O)c2ccc(Nc3ccc(C(F)(F)F)cn3)c(Br)c2)cc1. The maximum Gasteiger partial charge on any atom is 0.417 e. The number of aromatic nitrogens is 1. The van der Waals surface area contributed by atoms with Crippen molar-refractivity contribution in [3.63, 3.8) is 0 Å². The highest BCUT2D eigenvalue weighted by Crippen LogP contribution is 2.31. The predicted octanol–water partition coefficient (Wildman–Crippen LogP) is 5.44. The van der Waals surface area contributed by atoms with E-state index in [-0.39, 0.29) is 17.3 Å². The molecule has 0 atom stereocenters. The molecule has 0 fully saturated rings. The van der Waals surface area contributed by atoms with Gasteiger partial charge < -0.3 is 10.1 Å². The lowest BCUT2D eigenvalue weighted by Gasteiger charge is -2.18. The second kappa shape index (κ2) is 9.47. The largest absolute Gasteiger partial charge is 0.497 e. The lowest BCUT2D eigenvalue weighted by atomic mass is 10.2. The molecule has 3 rings (SSSR count). The molecule has 0 aliphatic heterocycles. The Bertz CT molecular complexity index is 1190. The highest BCUT2D eigenvalue weighted by molar-refractivity contribution is 9.10. The van der Waals surface area contributed by atoms with Crippen LogP contribution < -0.4 is 10.1 Å². The summed E-state index contributed by atoms with van der Waals surface area (Å²) in [5, 5.41) is 2.86. The molecule has 3 aromatic rings. The molecule has 6 nitrogen and oxygen atoms in total. The summed E-state index contributed by atoms with van der Waals surface area (Å²) in [7, 11) is -0.754. The van der Waals surface area contributed by atoms with Gasteiger partial charge >= 0.3 is 6.18 Å². The van der Waals surface area contributed by atoms with Crippen molar-refractivity contribution in [3.8, 4) is 5.75 Å². The van der Waals surface area contributed by atoms with Crippen LogP contribution in [0.4, 0.5) is 24.7 Å². The summed E-state index contributed by atoms with van der Waals surface area (Å²) in [6, 6.07) is 13.5. The van der Waals surface area contributed by atoms with E-state index in [1.807, 2.05) is 0 Å². The molecular weight excluding hydrogens is 511 g/mol. The van der Waals surface area contributed by atoms with E-state index in [2.05, 4.69) is 26.2 Å². The summed E-state index contributed by atoms with van der Waals surface area (Å²) >= 11 is 3.31. The van der Waals surface area contributed by atoms with Crippen LogP contribution in [-0.2, 0) is 22.7 Å². The minimum Gasteiger partial charge on any atom is -0.497 e. The van der Waals surface area contributed by atoms with Gasteiger partial charge in [0.2, 0.25) is 10.0 Å². The minimum atomic E-state index is -4.47. The molecule has 0 saturated heterocycles. The van der Waals surface area contributed by atoms with Crippen molar-refractivity contribution in [2.75, 3.05) is 19.5 Å². The highest BCUT2D eigenvalue weighted by Gasteiger charge is 2.30. The van der Waals surface area contributed by atoms with Crippen molar-refractivity contribution in [2.45, 2.75) is 17.6 Å². The van der Waals surface area contributed by atoms with Gasteiger partial charge in [0.25, 0.3) is 0 Å². The van der Waals surface area contributed by atoms with E-state index in [1.165, 1.54) is 35.6 Å². The third-order valence-corrected chi connectivity index (χ3v) is 7.02. The molecule has 0 amide bonds. The van der Waals surface area contributed by atoms with Gasteiger partial charge in [0.15, 0.2) is 0 Å². The Morgan fingerprint density at radius 3 is 2.31 bits per heavy atom. The number of rotatable bonds is 7. The molecule has 11 heteroatoms. The number of hydrogen-bond acceptors (Lipinski definition) is 5. The van der Waals surface area contributed by atoms with E-state index in [1.54, 1.807) is 31.4 Å². The monoisotopic (exact) mass is 529 g/mol. The first-order valence-electron chi connectivity index (χ1n) is 9.20. The summed E-state index contributed by atoms with van der Waals surface area (Å²) in [5.74, 6) is 0.861. The topological polar surface area (TPSA) is 71.5 Å². The van der Waals surface area contributed by atoms with Crippen molar-refractivity contribution in [3.05, 3.63) is 76.4 Å². The number of nitrogens with zero attached hydrogens (tertiary/aromatic N) is 2. The molecule has 0 aliphatic rings. The van der Waals surface area contributed by atoms with Gasteiger partial charge in [-0.2, -0.15) is 17.5 Å². The molecule has 0 aliphatic carbocycles.